The molecular weight excluding hydrogens is 378 g/mol. The molecule has 0 aliphatic heterocycles. The van der Waals surface area contributed by atoms with Crippen LogP contribution in [0.15, 0.2) is 18.2 Å². The van der Waals surface area contributed by atoms with Gasteiger partial charge < -0.3 is 15.2 Å². The first-order valence-electron chi connectivity index (χ1n) is 10.1. The zero-order valence-electron chi connectivity index (χ0n) is 16.6. The van der Waals surface area contributed by atoms with Crippen molar-refractivity contribution in [2.45, 2.75) is 64.5 Å². The number of benzene rings is 1. The number of aryl methyl sites for hydroxylation is 1. The van der Waals surface area contributed by atoms with Crippen LogP contribution in [0.2, 0.25) is 5.02 Å². The Balaban J connectivity index is 1.47. The van der Waals surface area contributed by atoms with Gasteiger partial charge in [0.15, 0.2) is 5.60 Å². The molecule has 0 saturated heterocycles. The molecule has 0 heterocycles. The van der Waals surface area contributed by atoms with E-state index < -0.39 is 17.0 Å². The van der Waals surface area contributed by atoms with Crippen LogP contribution in [0, 0.1) is 30.1 Å². The molecule has 5 nitrogen and oxygen atoms in total. The Labute approximate surface area is 170 Å². The van der Waals surface area contributed by atoms with E-state index in [1.807, 2.05) is 13.0 Å². The third-order valence-electron chi connectivity index (χ3n) is 7.07. The second kappa shape index (κ2) is 6.65. The second-order valence-electron chi connectivity index (χ2n) is 9.58. The third kappa shape index (κ3) is 3.28. The van der Waals surface area contributed by atoms with Crippen molar-refractivity contribution in [3.05, 3.63) is 28.8 Å². The van der Waals surface area contributed by atoms with Crippen molar-refractivity contribution >= 4 is 23.5 Å². The highest BCUT2D eigenvalue weighted by molar-refractivity contribution is 6.30. The minimum absolute atomic E-state index is 0.0470. The summed E-state index contributed by atoms with van der Waals surface area (Å²) in [6.07, 6.45) is 4.21. The summed E-state index contributed by atoms with van der Waals surface area (Å²) in [6.45, 7) is 5.44. The van der Waals surface area contributed by atoms with Gasteiger partial charge >= 0.3 is 5.97 Å². The maximum Gasteiger partial charge on any atom is 0.309 e. The number of carbonyl (C=O) groups is 2. The summed E-state index contributed by atoms with van der Waals surface area (Å²) in [4.78, 5) is 25.0. The normalized spacial score (nSPS) is 33.6. The largest absolute Gasteiger partial charge is 0.481 e. The molecule has 0 spiro atoms. The molecule has 4 fully saturated rings. The summed E-state index contributed by atoms with van der Waals surface area (Å²) in [6, 6.07) is 5.40. The molecule has 1 aromatic rings. The highest BCUT2D eigenvalue weighted by Gasteiger charge is 2.59. The molecule has 5 rings (SSSR count). The monoisotopic (exact) mass is 405 g/mol. The molecular formula is C22H28ClNO4. The summed E-state index contributed by atoms with van der Waals surface area (Å²) in [5, 5.41) is 13.6. The number of carbonyl (C=O) groups excluding carboxylic acids is 1. The van der Waals surface area contributed by atoms with Crippen LogP contribution >= 0.6 is 11.6 Å². The van der Waals surface area contributed by atoms with Gasteiger partial charge in [0, 0.05) is 11.1 Å². The fourth-order valence-corrected chi connectivity index (χ4v) is 6.12. The number of halogens is 1. The van der Waals surface area contributed by atoms with Gasteiger partial charge in [-0.1, -0.05) is 11.6 Å². The average Bonchev–Trinajstić information content (AvgIpc) is 2.59. The lowest BCUT2D eigenvalue weighted by molar-refractivity contribution is -0.168. The van der Waals surface area contributed by atoms with Crippen molar-refractivity contribution in [2.75, 3.05) is 0 Å². The van der Waals surface area contributed by atoms with Gasteiger partial charge in [-0.15, -0.1) is 0 Å². The molecule has 0 aromatic heterocycles. The van der Waals surface area contributed by atoms with Gasteiger partial charge in [-0.2, -0.15) is 0 Å². The number of ether oxygens (including phenoxy) is 1. The summed E-state index contributed by atoms with van der Waals surface area (Å²) in [7, 11) is 0. The SMILES string of the molecule is Cc1cc(Cl)ccc1OC(C)(C)C(=O)NC1[C@@H]2CC3C[C@H]1CC(C(=O)O)(C3)C2. The Bertz CT molecular complexity index is 805. The van der Waals surface area contributed by atoms with Gasteiger partial charge in [-0.05, 0) is 94.4 Å². The molecule has 1 aromatic carbocycles. The number of hydrogen-bond donors (Lipinski definition) is 2. The van der Waals surface area contributed by atoms with Crippen molar-refractivity contribution < 1.29 is 19.4 Å². The summed E-state index contributed by atoms with van der Waals surface area (Å²) >= 11 is 6.01. The highest BCUT2D eigenvalue weighted by Crippen LogP contribution is 2.60. The summed E-state index contributed by atoms with van der Waals surface area (Å²) < 4.78 is 6.04. The number of aliphatic carboxylic acids is 1. The molecule has 3 unspecified atom stereocenters. The Morgan fingerprint density at radius 3 is 2.43 bits per heavy atom. The fraction of sp³-hybridized carbons (Fsp3) is 0.636. The van der Waals surface area contributed by atoms with E-state index in [-0.39, 0.29) is 23.8 Å². The Morgan fingerprint density at radius 2 is 1.86 bits per heavy atom. The molecule has 1 amide bonds. The van der Waals surface area contributed by atoms with Crippen molar-refractivity contribution in [3.63, 3.8) is 0 Å². The van der Waals surface area contributed by atoms with Crippen molar-refractivity contribution in [2.24, 2.45) is 23.2 Å². The van der Waals surface area contributed by atoms with Gasteiger partial charge in [0.2, 0.25) is 0 Å². The minimum Gasteiger partial charge on any atom is -0.481 e. The number of carboxylic acids is 1. The van der Waals surface area contributed by atoms with Crippen molar-refractivity contribution in [1.82, 2.24) is 5.32 Å². The van der Waals surface area contributed by atoms with E-state index >= 15 is 0 Å². The first-order chi connectivity index (χ1) is 13.1. The Kier molecular flexibility index (Phi) is 4.65. The summed E-state index contributed by atoms with van der Waals surface area (Å²) in [5.74, 6) is 0.822. The lowest BCUT2D eigenvalue weighted by Gasteiger charge is -2.58. The van der Waals surface area contributed by atoms with Crippen LogP contribution < -0.4 is 10.1 Å². The molecule has 152 valence electrons. The fourth-order valence-electron chi connectivity index (χ4n) is 5.90. The Hall–Kier alpha value is -1.75. The van der Waals surface area contributed by atoms with Gasteiger partial charge in [0.1, 0.15) is 5.75 Å². The number of hydrogen-bond acceptors (Lipinski definition) is 3. The van der Waals surface area contributed by atoms with Gasteiger partial charge in [-0.3, -0.25) is 9.59 Å². The molecule has 5 atom stereocenters. The molecule has 4 aliphatic rings. The van der Waals surface area contributed by atoms with Crippen molar-refractivity contribution in [1.29, 1.82) is 0 Å². The molecule has 6 heteroatoms. The van der Waals surface area contributed by atoms with Crippen molar-refractivity contribution in [3.8, 4) is 5.75 Å². The maximum absolute atomic E-state index is 13.1. The van der Waals surface area contributed by atoms with Crippen LogP contribution in [0.3, 0.4) is 0 Å². The zero-order valence-corrected chi connectivity index (χ0v) is 17.4. The van der Waals surface area contributed by atoms with Crippen LogP contribution in [0.4, 0.5) is 0 Å². The summed E-state index contributed by atoms with van der Waals surface area (Å²) in [5.41, 5.74) is -0.714. The van der Waals surface area contributed by atoms with Crippen LogP contribution in [0.25, 0.3) is 0 Å². The second-order valence-corrected chi connectivity index (χ2v) is 10.0. The standard InChI is InChI=1S/C22H28ClNO4/c1-12-6-16(23)4-5-17(12)28-21(2,3)19(25)24-18-14-7-13-8-15(18)11-22(9-13,10-14)20(26)27/h4-6,13-15,18H,7-11H2,1-3H3,(H,24,25)(H,26,27)/t13?,14-,15+,18?,22?. The Morgan fingerprint density at radius 1 is 1.21 bits per heavy atom. The highest BCUT2D eigenvalue weighted by atomic mass is 35.5. The average molecular weight is 406 g/mol. The molecule has 0 radical (unpaired) electrons. The predicted molar refractivity (Wildman–Crippen MR) is 106 cm³/mol. The minimum atomic E-state index is -1.03. The van der Waals surface area contributed by atoms with Crippen LogP contribution in [-0.4, -0.2) is 28.6 Å². The van der Waals surface area contributed by atoms with E-state index in [4.69, 9.17) is 16.3 Å². The van der Waals surface area contributed by atoms with Gasteiger partial charge in [-0.25, -0.2) is 0 Å². The third-order valence-corrected chi connectivity index (χ3v) is 7.31. The van der Waals surface area contributed by atoms with E-state index in [2.05, 4.69) is 5.32 Å². The zero-order chi connectivity index (χ0) is 20.3. The molecule has 4 aliphatic carbocycles. The number of nitrogens with one attached hydrogen (secondary N) is 1. The maximum atomic E-state index is 13.1. The van der Waals surface area contributed by atoms with E-state index in [9.17, 15) is 14.7 Å². The molecule has 4 saturated carbocycles. The quantitative estimate of drug-likeness (QED) is 0.769. The van der Waals surface area contributed by atoms with E-state index in [1.165, 1.54) is 0 Å². The van der Waals surface area contributed by atoms with E-state index in [1.54, 1.807) is 26.0 Å². The number of amides is 1. The van der Waals surface area contributed by atoms with Crippen LogP contribution in [0.1, 0.15) is 51.5 Å². The van der Waals surface area contributed by atoms with Crippen LogP contribution in [-0.2, 0) is 9.59 Å². The lowest BCUT2D eigenvalue weighted by atomic mass is 9.48. The first-order valence-corrected chi connectivity index (χ1v) is 10.5. The molecule has 2 N–H and O–H groups in total. The van der Waals surface area contributed by atoms with Gasteiger partial charge in [0.05, 0.1) is 5.41 Å². The van der Waals surface area contributed by atoms with E-state index in [0.717, 1.165) is 24.8 Å². The predicted octanol–water partition coefficient (Wildman–Crippen LogP) is 4.20. The number of carboxylic acid groups (broad SMARTS) is 1. The smallest absolute Gasteiger partial charge is 0.309 e. The molecule has 28 heavy (non-hydrogen) atoms. The topological polar surface area (TPSA) is 75.6 Å². The number of rotatable bonds is 5. The lowest BCUT2D eigenvalue weighted by Crippen LogP contribution is -2.63. The van der Waals surface area contributed by atoms with E-state index in [0.29, 0.717) is 29.5 Å². The first kappa shape index (κ1) is 19.6. The molecule has 4 bridgehead atoms. The van der Waals surface area contributed by atoms with Gasteiger partial charge in [0.25, 0.3) is 5.91 Å². The van der Waals surface area contributed by atoms with Crippen LogP contribution in [0.5, 0.6) is 5.75 Å².